The zero-order chi connectivity index (χ0) is 22.6. The van der Waals surface area contributed by atoms with Gasteiger partial charge in [-0.2, -0.15) is 0 Å². The van der Waals surface area contributed by atoms with Crippen molar-refractivity contribution in [3.05, 3.63) is 77.7 Å². The third-order valence-electron chi connectivity index (χ3n) is 5.76. The van der Waals surface area contributed by atoms with Gasteiger partial charge >= 0.3 is 0 Å². The van der Waals surface area contributed by atoms with E-state index in [-0.39, 0.29) is 28.6 Å². The average molecular weight is 426 g/mol. The Balaban J connectivity index is 1.65. The lowest BCUT2D eigenvalue weighted by Crippen LogP contribution is -2.07. The number of aryl methyl sites for hydroxylation is 1. The van der Waals surface area contributed by atoms with Gasteiger partial charge in [-0.3, -0.25) is 4.79 Å². The molecule has 0 unspecified atom stereocenters. The van der Waals surface area contributed by atoms with Crippen LogP contribution >= 0.6 is 0 Å². The largest absolute Gasteiger partial charge is 0.508 e. The lowest BCUT2D eigenvalue weighted by Gasteiger charge is -2.13. The lowest BCUT2D eigenvalue weighted by molar-refractivity contribution is 0.101. The minimum Gasteiger partial charge on any atom is -0.508 e. The first-order valence-electron chi connectivity index (χ1n) is 10.2. The SMILES string of the molecule is CN(C)c1ccc(-c2cccc3c2c(C=C2Oc4cc(O)cc(O)c4C2=O)cn3C)cc1. The van der Waals surface area contributed by atoms with Crippen LogP contribution in [0.3, 0.4) is 0 Å². The van der Waals surface area contributed by atoms with Crippen LogP contribution in [-0.2, 0) is 7.05 Å². The van der Waals surface area contributed by atoms with Gasteiger partial charge in [0.05, 0.1) is 0 Å². The molecular weight excluding hydrogens is 404 g/mol. The monoisotopic (exact) mass is 426 g/mol. The first-order valence-corrected chi connectivity index (χ1v) is 10.2. The number of allylic oxidation sites excluding steroid dienone is 1. The number of fused-ring (bicyclic) bond motifs is 2. The first kappa shape index (κ1) is 19.8. The van der Waals surface area contributed by atoms with Crippen molar-refractivity contribution in [3.63, 3.8) is 0 Å². The summed E-state index contributed by atoms with van der Waals surface area (Å²) in [6, 6.07) is 16.9. The Labute approximate surface area is 185 Å². The predicted molar refractivity (Wildman–Crippen MR) is 125 cm³/mol. The fraction of sp³-hybridized carbons (Fsp3) is 0.115. The molecule has 0 spiro atoms. The van der Waals surface area contributed by atoms with E-state index in [0.717, 1.165) is 39.3 Å². The Morgan fingerprint density at radius 1 is 1.03 bits per heavy atom. The second-order valence-corrected chi connectivity index (χ2v) is 8.11. The van der Waals surface area contributed by atoms with Crippen LogP contribution in [0.5, 0.6) is 17.2 Å². The van der Waals surface area contributed by atoms with Gasteiger partial charge in [0.1, 0.15) is 22.8 Å². The van der Waals surface area contributed by atoms with Crippen LogP contribution in [0, 0.1) is 0 Å². The van der Waals surface area contributed by atoms with Crippen LogP contribution in [0.25, 0.3) is 28.1 Å². The van der Waals surface area contributed by atoms with Gasteiger partial charge in [-0.05, 0) is 35.4 Å². The molecule has 2 heterocycles. The third kappa shape index (κ3) is 3.08. The van der Waals surface area contributed by atoms with Gasteiger partial charge in [-0.15, -0.1) is 0 Å². The van der Waals surface area contributed by atoms with Crippen molar-refractivity contribution in [2.24, 2.45) is 7.05 Å². The number of ketones is 1. The van der Waals surface area contributed by atoms with E-state index >= 15 is 0 Å². The number of Topliss-reactive ketones (excluding diaryl/α,β-unsaturated/α-hetero) is 1. The van der Waals surface area contributed by atoms with Crippen molar-refractivity contribution in [1.29, 1.82) is 0 Å². The molecule has 2 N–H and O–H groups in total. The number of anilines is 1. The highest BCUT2D eigenvalue weighted by atomic mass is 16.5. The van der Waals surface area contributed by atoms with Crippen molar-refractivity contribution >= 4 is 28.4 Å². The minimum absolute atomic E-state index is 0.0637. The van der Waals surface area contributed by atoms with Gasteiger partial charge in [0.2, 0.25) is 5.78 Å². The van der Waals surface area contributed by atoms with Gasteiger partial charge in [0.15, 0.2) is 5.76 Å². The maximum absolute atomic E-state index is 12.9. The van der Waals surface area contributed by atoms with E-state index in [9.17, 15) is 15.0 Å². The number of aromatic hydroxyl groups is 2. The van der Waals surface area contributed by atoms with E-state index < -0.39 is 5.78 Å². The Morgan fingerprint density at radius 3 is 2.50 bits per heavy atom. The molecule has 6 heteroatoms. The van der Waals surface area contributed by atoms with Gasteiger partial charge in [0, 0.05) is 61.6 Å². The van der Waals surface area contributed by atoms with Gasteiger partial charge < -0.3 is 24.4 Å². The highest BCUT2D eigenvalue weighted by Gasteiger charge is 2.31. The maximum Gasteiger partial charge on any atom is 0.235 e. The van der Waals surface area contributed by atoms with Gasteiger partial charge in [-0.25, -0.2) is 0 Å². The number of carbonyl (C=O) groups is 1. The normalized spacial score (nSPS) is 14.1. The second-order valence-electron chi connectivity index (χ2n) is 8.11. The Hall–Kier alpha value is -4.19. The molecule has 4 aromatic rings. The summed E-state index contributed by atoms with van der Waals surface area (Å²) in [4.78, 5) is 14.9. The molecule has 0 fully saturated rings. The highest BCUT2D eigenvalue weighted by molar-refractivity contribution is 6.17. The van der Waals surface area contributed by atoms with Gasteiger partial charge in [0.25, 0.3) is 0 Å². The number of phenols is 2. The summed E-state index contributed by atoms with van der Waals surface area (Å²) in [5.41, 5.74) is 5.14. The molecule has 1 aliphatic rings. The molecule has 1 aromatic heterocycles. The van der Waals surface area contributed by atoms with Crippen molar-refractivity contribution < 1.29 is 19.7 Å². The number of phenolic OH excluding ortho intramolecular Hbond substituents is 2. The van der Waals surface area contributed by atoms with Crippen LogP contribution in [-0.4, -0.2) is 34.7 Å². The van der Waals surface area contributed by atoms with E-state index in [1.54, 1.807) is 6.08 Å². The standard InChI is InChI=1S/C26H22N2O4/c1-27(2)17-9-7-15(8-10-17)19-5-4-6-20-24(19)16(14-28(20)3)11-23-26(31)25-21(30)12-18(29)13-22(25)32-23/h4-14,29-30H,1-3H3. The zero-order valence-electron chi connectivity index (χ0n) is 18.0. The predicted octanol–water partition coefficient (Wildman–Crippen LogP) is 4.94. The minimum atomic E-state index is -0.415. The summed E-state index contributed by atoms with van der Waals surface area (Å²) < 4.78 is 7.72. The van der Waals surface area contributed by atoms with Crippen LogP contribution in [0.15, 0.2) is 66.6 Å². The molecule has 6 nitrogen and oxygen atoms in total. The fourth-order valence-electron chi connectivity index (χ4n) is 4.19. The highest BCUT2D eigenvalue weighted by Crippen LogP contribution is 2.41. The van der Waals surface area contributed by atoms with Crippen LogP contribution in [0.1, 0.15) is 15.9 Å². The molecule has 1 aliphatic heterocycles. The number of hydrogen-bond donors (Lipinski definition) is 2. The number of ether oxygens (including phenoxy) is 1. The molecule has 0 saturated heterocycles. The second kappa shape index (κ2) is 7.20. The molecule has 3 aromatic carbocycles. The first-order chi connectivity index (χ1) is 15.3. The number of benzene rings is 3. The van der Waals surface area contributed by atoms with Gasteiger partial charge in [-0.1, -0.05) is 24.3 Å². The molecule has 0 atom stereocenters. The smallest absolute Gasteiger partial charge is 0.235 e. The summed E-state index contributed by atoms with van der Waals surface area (Å²) in [5, 5.41) is 20.8. The van der Waals surface area contributed by atoms with Crippen LogP contribution in [0.4, 0.5) is 5.69 Å². The molecule has 5 rings (SSSR count). The number of rotatable bonds is 3. The Bertz CT molecular complexity index is 1410. The molecule has 0 radical (unpaired) electrons. The molecular formula is C26H22N2O4. The van der Waals surface area contributed by atoms with Crippen LogP contribution < -0.4 is 9.64 Å². The summed E-state index contributed by atoms with van der Waals surface area (Å²) in [6.45, 7) is 0. The maximum atomic E-state index is 12.9. The molecule has 160 valence electrons. The number of nitrogens with zero attached hydrogens (tertiary/aromatic N) is 2. The third-order valence-corrected chi connectivity index (χ3v) is 5.76. The van der Waals surface area contributed by atoms with E-state index in [0.29, 0.717) is 0 Å². The van der Waals surface area contributed by atoms with E-state index in [1.165, 1.54) is 6.07 Å². The Morgan fingerprint density at radius 2 is 1.78 bits per heavy atom. The molecule has 0 saturated carbocycles. The van der Waals surface area contributed by atoms with Crippen molar-refractivity contribution in [3.8, 4) is 28.4 Å². The van der Waals surface area contributed by atoms with Crippen molar-refractivity contribution in [2.45, 2.75) is 0 Å². The summed E-state index contributed by atoms with van der Waals surface area (Å²) in [5.74, 6) is -0.621. The van der Waals surface area contributed by atoms with Crippen LogP contribution in [0.2, 0.25) is 0 Å². The van der Waals surface area contributed by atoms with Crippen molar-refractivity contribution in [2.75, 3.05) is 19.0 Å². The summed E-state index contributed by atoms with van der Waals surface area (Å²) >= 11 is 0. The molecule has 0 amide bonds. The molecule has 0 aliphatic carbocycles. The zero-order valence-corrected chi connectivity index (χ0v) is 18.0. The summed E-state index contributed by atoms with van der Waals surface area (Å²) in [6.07, 6.45) is 3.64. The Kier molecular flexibility index (Phi) is 4.44. The average Bonchev–Trinajstić information content (AvgIpc) is 3.25. The quantitative estimate of drug-likeness (QED) is 0.454. The van der Waals surface area contributed by atoms with E-state index in [1.807, 2.05) is 44.0 Å². The van der Waals surface area contributed by atoms with E-state index in [2.05, 4.69) is 35.2 Å². The number of hydrogen-bond acceptors (Lipinski definition) is 5. The number of carbonyl (C=O) groups excluding carboxylic acids is 1. The summed E-state index contributed by atoms with van der Waals surface area (Å²) in [7, 11) is 5.97. The number of aromatic nitrogens is 1. The van der Waals surface area contributed by atoms with E-state index in [4.69, 9.17) is 4.74 Å². The molecule has 32 heavy (non-hydrogen) atoms. The lowest BCUT2D eigenvalue weighted by atomic mass is 9.98. The molecule has 0 bridgehead atoms. The van der Waals surface area contributed by atoms with Crippen molar-refractivity contribution in [1.82, 2.24) is 4.57 Å². The fourth-order valence-corrected chi connectivity index (χ4v) is 4.19. The topological polar surface area (TPSA) is 74.9 Å².